The predicted molar refractivity (Wildman–Crippen MR) is 105 cm³/mol. The molecule has 1 fully saturated rings. The number of phenolic OH excluding ortho intramolecular Hbond substituents is 1. The van der Waals surface area contributed by atoms with Gasteiger partial charge in [-0.1, -0.05) is 17.7 Å². The number of imidazole rings is 1. The first-order chi connectivity index (χ1) is 13.2. The quantitative estimate of drug-likeness (QED) is 0.688. The Balaban J connectivity index is 1.72. The minimum Gasteiger partial charge on any atom is -0.506 e. The van der Waals surface area contributed by atoms with E-state index in [1.54, 1.807) is 19.2 Å². The summed E-state index contributed by atoms with van der Waals surface area (Å²) in [5.41, 5.74) is 2.67. The molecule has 0 spiro atoms. The molecule has 2 aromatic carbocycles. The molecule has 1 aromatic heterocycles. The van der Waals surface area contributed by atoms with E-state index < -0.39 is 0 Å². The molecule has 27 heavy (non-hydrogen) atoms. The summed E-state index contributed by atoms with van der Waals surface area (Å²) in [4.78, 5) is 4.55. The highest BCUT2D eigenvalue weighted by Crippen LogP contribution is 2.37. The van der Waals surface area contributed by atoms with E-state index in [0.717, 1.165) is 54.3 Å². The normalized spacial score (nSPS) is 16.6. The molecular formula is C21H21ClN2O3. The maximum atomic E-state index is 9.98. The third-order valence-electron chi connectivity index (χ3n) is 4.85. The van der Waals surface area contributed by atoms with Gasteiger partial charge in [0, 0.05) is 30.1 Å². The van der Waals surface area contributed by atoms with Crippen molar-refractivity contribution in [3.05, 3.63) is 53.8 Å². The smallest absolute Gasteiger partial charge is 0.139 e. The second-order valence-electron chi connectivity index (χ2n) is 6.62. The standard InChI is InChI=1S/C21H21ClN2O3/c1-26-20-7-5-15(11-17(20)14-4-6-18(22)19(25)12-14)21-23-8-9-24(21)13-16-3-2-10-27-16/h4-9,11-12,16,25H,2-3,10,13H2,1H3. The molecule has 0 saturated carbocycles. The average Bonchev–Trinajstić information content (AvgIpc) is 3.36. The van der Waals surface area contributed by atoms with Crippen LogP contribution in [0.2, 0.25) is 5.02 Å². The first kappa shape index (κ1) is 17.9. The lowest BCUT2D eigenvalue weighted by Gasteiger charge is -2.15. The highest BCUT2D eigenvalue weighted by atomic mass is 35.5. The van der Waals surface area contributed by atoms with Gasteiger partial charge in [0.25, 0.3) is 0 Å². The molecule has 0 radical (unpaired) electrons. The molecule has 1 unspecified atom stereocenters. The van der Waals surface area contributed by atoms with Gasteiger partial charge in [0.05, 0.1) is 24.8 Å². The van der Waals surface area contributed by atoms with Crippen molar-refractivity contribution in [1.82, 2.24) is 9.55 Å². The van der Waals surface area contributed by atoms with Crippen molar-refractivity contribution in [2.45, 2.75) is 25.5 Å². The Hall–Kier alpha value is -2.50. The molecular weight excluding hydrogens is 364 g/mol. The van der Waals surface area contributed by atoms with Gasteiger partial charge in [0.15, 0.2) is 0 Å². The molecule has 5 nitrogen and oxygen atoms in total. The van der Waals surface area contributed by atoms with Crippen LogP contribution in [0.15, 0.2) is 48.8 Å². The Morgan fingerprint density at radius 2 is 2.11 bits per heavy atom. The fourth-order valence-electron chi connectivity index (χ4n) is 3.48. The van der Waals surface area contributed by atoms with Crippen molar-refractivity contribution in [3.8, 4) is 34.0 Å². The lowest BCUT2D eigenvalue weighted by molar-refractivity contribution is 0.0974. The van der Waals surface area contributed by atoms with Gasteiger partial charge in [-0.2, -0.15) is 0 Å². The summed E-state index contributed by atoms with van der Waals surface area (Å²) in [7, 11) is 1.63. The molecule has 1 aliphatic rings. The van der Waals surface area contributed by atoms with E-state index >= 15 is 0 Å². The van der Waals surface area contributed by atoms with Gasteiger partial charge in [0.1, 0.15) is 17.3 Å². The SMILES string of the molecule is COc1ccc(-c2nccn2CC2CCCO2)cc1-c1ccc(Cl)c(O)c1. The van der Waals surface area contributed by atoms with Crippen molar-refractivity contribution >= 4 is 11.6 Å². The molecule has 3 aromatic rings. The number of ether oxygens (including phenoxy) is 2. The number of benzene rings is 2. The predicted octanol–water partition coefficient (Wildman–Crippen LogP) is 4.76. The topological polar surface area (TPSA) is 56.5 Å². The fraction of sp³-hybridized carbons (Fsp3) is 0.286. The highest BCUT2D eigenvalue weighted by molar-refractivity contribution is 6.32. The van der Waals surface area contributed by atoms with Gasteiger partial charge in [-0.3, -0.25) is 0 Å². The number of phenols is 1. The molecule has 6 heteroatoms. The van der Waals surface area contributed by atoms with Crippen LogP contribution in [0.5, 0.6) is 11.5 Å². The zero-order valence-electron chi connectivity index (χ0n) is 15.1. The molecule has 0 aliphatic carbocycles. The van der Waals surface area contributed by atoms with Gasteiger partial charge in [-0.25, -0.2) is 4.98 Å². The summed E-state index contributed by atoms with van der Waals surface area (Å²) < 4.78 is 13.4. The van der Waals surface area contributed by atoms with Gasteiger partial charge in [-0.15, -0.1) is 0 Å². The minimum atomic E-state index is 0.0431. The Morgan fingerprint density at radius 1 is 1.26 bits per heavy atom. The van der Waals surface area contributed by atoms with Gasteiger partial charge in [-0.05, 0) is 48.7 Å². The van der Waals surface area contributed by atoms with Crippen LogP contribution in [-0.2, 0) is 11.3 Å². The van der Waals surface area contributed by atoms with E-state index in [4.69, 9.17) is 21.1 Å². The molecule has 0 bridgehead atoms. The third kappa shape index (κ3) is 3.66. The van der Waals surface area contributed by atoms with E-state index in [-0.39, 0.29) is 11.9 Å². The number of hydrogen-bond acceptors (Lipinski definition) is 4. The number of aromatic hydroxyl groups is 1. The summed E-state index contributed by atoms with van der Waals surface area (Å²) in [6.07, 6.45) is 6.22. The van der Waals surface area contributed by atoms with Crippen molar-refractivity contribution < 1.29 is 14.6 Å². The van der Waals surface area contributed by atoms with E-state index in [9.17, 15) is 5.11 Å². The van der Waals surface area contributed by atoms with E-state index in [1.165, 1.54) is 0 Å². The third-order valence-corrected chi connectivity index (χ3v) is 5.17. The lowest BCUT2D eigenvalue weighted by Crippen LogP contribution is -2.15. The number of halogens is 1. The fourth-order valence-corrected chi connectivity index (χ4v) is 3.59. The molecule has 1 aliphatic heterocycles. The molecule has 2 heterocycles. The maximum absolute atomic E-state index is 9.98. The zero-order chi connectivity index (χ0) is 18.8. The van der Waals surface area contributed by atoms with Crippen LogP contribution in [-0.4, -0.2) is 34.5 Å². The van der Waals surface area contributed by atoms with Gasteiger partial charge < -0.3 is 19.1 Å². The van der Waals surface area contributed by atoms with Crippen molar-refractivity contribution in [3.63, 3.8) is 0 Å². The second-order valence-corrected chi connectivity index (χ2v) is 7.03. The van der Waals surface area contributed by atoms with Crippen molar-refractivity contribution in [2.24, 2.45) is 0 Å². The zero-order valence-corrected chi connectivity index (χ0v) is 15.8. The van der Waals surface area contributed by atoms with Gasteiger partial charge in [0.2, 0.25) is 0 Å². The van der Waals surface area contributed by atoms with E-state index in [2.05, 4.69) is 9.55 Å². The summed E-state index contributed by atoms with van der Waals surface area (Å²) in [5, 5.41) is 10.3. The molecule has 1 saturated heterocycles. The van der Waals surface area contributed by atoms with Gasteiger partial charge >= 0.3 is 0 Å². The Bertz CT molecular complexity index is 948. The van der Waals surface area contributed by atoms with Crippen LogP contribution >= 0.6 is 11.6 Å². The second kappa shape index (κ2) is 7.62. The van der Waals surface area contributed by atoms with E-state index in [0.29, 0.717) is 5.02 Å². The summed E-state index contributed by atoms with van der Waals surface area (Å²) in [6.45, 7) is 1.62. The summed E-state index contributed by atoms with van der Waals surface area (Å²) in [6, 6.07) is 11.1. The molecule has 0 amide bonds. The number of methoxy groups -OCH3 is 1. The molecule has 1 atom stereocenters. The average molecular weight is 385 g/mol. The van der Waals surface area contributed by atoms with Crippen LogP contribution in [0, 0.1) is 0 Å². The Kier molecular flexibility index (Phi) is 5.05. The van der Waals surface area contributed by atoms with Crippen molar-refractivity contribution in [2.75, 3.05) is 13.7 Å². The number of nitrogens with zero attached hydrogens (tertiary/aromatic N) is 2. The number of hydrogen-bond donors (Lipinski definition) is 1. The monoisotopic (exact) mass is 384 g/mol. The Labute approximate surface area is 163 Å². The van der Waals surface area contributed by atoms with Crippen molar-refractivity contribution in [1.29, 1.82) is 0 Å². The highest BCUT2D eigenvalue weighted by Gasteiger charge is 2.18. The van der Waals surface area contributed by atoms with Crippen LogP contribution in [0.25, 0.3) is 22.5 Å². The summed E-state index contributed by atoms with van der Waals surface area (Å²) in [5.74, 6) is 1.65. The Morgan fingerprint density at radius 3 is 2.85 bits per heavy atom. The maximum Gasteiger partial charge on any atom is 0.139 e. The minimum absolute atomic E-state index is 0.0431. The molecule has 1 N–H and O–H groups in total. The van der Waals surface area contributed by atoms with Crippen LogP contribution in [0.4, 0.5) is 0 Å². The molecule has 140 valence electrons. The van der Waals surface area contributed by atoms with Crippen LogP contribution in [0.3, 0.4) is 0 Å². The van der Waals surface area contributed by atoms with E-state index in [1.807, 2.05) is 36.7 Å². The summed E-state index contributed by atoms with van der Waals surface area (Å²) >= 11 is 5.95. The number of rotatable bonds is 5. The lowest BCUT2D eigenvalue weighted by atomic mass is 10.0. The molecule has 4 rings (SSSR count). The van der Waals surface area contributed by atoms with Crippen LogP contribution < -0.4 is 4.74 Å². The first-order valence-corrected chi connectivity index (χ1v) is 9.33. The van der Waals surface area contributed by atoms with Crippen LogP contribution in [0.1, 0.15) is 12.8 Å². The number of aromatic nitrogens is 2. The largest absolute Gasteiger partial charge is 0.506 e. The first-order valence-electron chi connectivity index (χ1n) is 8.96.